The molecule has 8 nitrogen and oxygen atoms in total. The Morgan fingerprint density at radius 2 is 1.78 bits per heavy atom. The smallest absolute Gasteiger partial charge is 0.175 e. The summed E-state index contributed by atoms with van der Waals surface area (Å²) in [6, 6.07) is 13.8. The average Bonchev–Trinajstić information content (AvgIpc) is 3.46. The van der Waals surface area contributed by atoms with Gasteiger partial charge in [-0.3, -0.25) is 0 Å². The van der Waals surface area contributed by atoms with Crippen molar-refractivity contribution in [3.05, 3.63) is 48.2 Å². The van der Waals surface area contributed by atoms with Gasteiger partial charge in [0.05, 0.1) is 10.5 Å². The Balaban J connectivity index is 1.35. The number of nitrogens with zero attached hydrogens (tertiary/aromatic N) is 5. The second-order valence-electron chi connectivity index (χ2n) is 8.49. The average molecular weight is 451 g/mol. The van der Waals surface area contributed by atoms with Crippen molar-refractivity contribution in [3.63, 3.8) is 0 Å². The summed E-state index contributed by atoms with van der Waals surface area (Å²) in [7, 11) is -3.18. The molecule has 1 aromatic carbocycles. The van der Waals surface area contributed by atoms with E-state index in [1.165, 1.54) is 6.26 Å². The summed E-state index contributed by atoms with van der Waals surface area (Å²) >= 11 is 0. The first-order valence-electron chi connectivity index (χ1n) is 10.9. The molecule has 9 heteroatoms. The van der Waals surface area contributed by atoms with Gasteiger partial charge >= 0.3 is 0 Å². The number of benzene rings is 1. The fourth-order valence-corrected chi connectivity index (χ4v) is 5.26. The molecule has 4 heterocycles. The van der Waals surface area contributed by atoms with Gasteiger partial charge in [0.1, 0.15) is 17.5 Å². The number of fused-ring (bicyclic) bond motifs is 1. The van der Waals surface area contributed by atoms with Crippen molar-refractivity contribution >= 4 is 32.4 Å². The van der Waals surface area contributed by atoms with Crippen molar-refractivity contribution in [2.45, 2.75) is 17.4 Å². The van der Waals surface area contributed by atoms with Crippen LogP contribution >= 0.6 is 0 Å². The Hall–Kier alpha value is -3.09. The highest BCUT2D eigenvalue weighted by molar-refractivity contribution is 7.90. The largest absolute Gasteiger partial charge is 0.368 e. The third-order valence-corrected chi connectivity index (χ3v) is 7.57. The molecule has 0 bridgehead atoms. The van der Waals surface area contributed by atoms with E-state index < -0.39 is 9.84 Å². The summed E-state index contributed by atoms with van der Waals surface area (Å²) in [5.74, 6) is 0.930. The standard InChI is InChI=1S/C23H26N6O2S/c1-32(30,31)20-4-2-18(3-5-20)27-10-12-28(13-11-27)22-7-6-21-17(14-24)16-29(23(21)26-22)19-8-9-25-15-19/h2-7,16,19,25H,8-13,15H2,1H3/t19-/m0/s1. The quantitative estimate of drug-likeness (QED) is 0.651. The molecule has 5 rings (SSSR count). The van der Waals surface area contributed by atoms with Gasteiger partial charge in [-0.1, -0.05) is 0 Å². The fraction of sp³-hybridized carbons (Fsp3) is 0.391. The molecule has 0 aliphatic carbocycles. The third-order valence-electron chi connectivity index (χ3n) is 6.45. The summed E-state index contributed by atoms with van der Waals surface area (Å²) in [4.78, 5) is 9.86. The predicted molar refractivity (Wildman–Crippen MR) is 125 cm³/mol. The minimum atomic E-state index is -3.18. The molecule has 3 aromatic rings. The Bertz CT molecular complexity index is 1280. The number of pyridine rings is 1. The predicted octanol–water partition coefficient (Wildman–Crippen LogP) is 2.17. The summed E-state index contributed by atoms with van der Waals surface area (Å²) < 4.78 is 25.5. The van der Waals surface area contributed by atoms with Gasteiger partial charge in [0.15, 0.2) is 9.84 Å². The molecule has 166 valence electrons. The van der Waals surface area contributed by atoms with Gasteiger partial charge in [-0.05, 0) is 49.4 Å². The lowest BCUT2D eigenvalue weighted by Crippen LogP contribution is -2.46. The fourth-order valence-electron chi connectivity index (χ4n) is 4.63. The van der Waals surface area contributed by atoms with Crippen LogP contribution in [0.1, 0.15) is 18.0 Å². The van der Waals surface area contributed by atoms with Crippen LogP contribution in [0.2, 0.25) is 0 Å². The molecule has 0 unspecified atom stereocenters. The van der Waals surface area contributed by atoms with Crippen molar-refractivity contribution in [2.24, 2.45) is 0 Å². The van der Waals surface area contributed by atoms with E-state index in [-0.39, 0.29) is 0 Å². The van der Waals surface area contributed by atoms with E-state index in [2.05, 4.69) is 25.8 Å². The van der Waals surface area contributed by atoms with E-state index in [9.17, 15) is 13.7 Å². The monoisotopic (exact) mass is 450 g/mol. The Kier molecular flexibility index (Phi) is 5.27. The lowest BCUT2D eigenvalue weighted by atomic mass is 10.2. The van der Waals surface area contributed by atoms with Gasteiger partial charge in [-0.2, -0.15) is 5.26 Å². The molecule has 2 saturated heterocycles. The third kappa shape index (κ3) is 3.80. The van der Waals surface area contributed by atoms with Gasteiger partial charge in [-0.25, -0.2) is 13.4 Å². The topological polar surface area (TPSA) is 94.3 Å². The van der Waals surface area contributed by atoms with Gasteiger partial charge in [-0.15, -0.1) is 0 Å². The number of nitrogens with one attached hydrogen (secondary N) is 1. The number of nitriles is 1. The highest BCUT2D eigenvalue weighted by Gasteiger charge is 2.23. The number of piperazine rings is 1. The first-order chi connectivity index (χ1) is 15.4. The van der Waals surface area contributed by atoms with Crippen molar-refractivity contribution in [1.29, 1.82) is 5.26 Å². The highest BCUT2D eigenvalue weighted by atomic mass is 32.2. The Labute approximate surface area is 188 Å². The normalized spacial score (nSPS) is 19.4. The van der Waals surface area contributed by atoms with Crippen molar-refractivity contribution in [2.75, 3.05) is 55.3 Å². The number of anilines is 2. The summed E-state index contributed by atoms with van der Waals surface area (Å²) in [5.41, 5.74) is 2.58. The van der Waals surface area contributed by atoms with Crippen LogP contribution in [0.3, 0.4) is 0 Å². The molecule has 2 aliphatic heterocycles. The van der Waals surface area contributed by atoms with E-state index in [4.69, 9.17) is 4.98 Å². The maximum absolute atomic E-state index is 11.7. The molecule has 0 spiro atoms. The summed E-state index contributed by atoms with van der Waals surface area (Å²) in [5, 5.41) is 13.9. The first-order valence-corrected chi connectivity index (χ1v) is 12.8. The van der Waals surface area contributed by atoms with E-state index in [1.807, 2.05) is 30.5 Å². The van der Waals surface area contributed by atoms with E-state index in [1.54, 1.807) is 12.1 Å². The van der Waals surface area contributed by atoms with E-state index >= 15 is 0 Å². The van der Waals surface area contributed by atoms with Crippen LogP contribution in [0.4, 0.5) is 11.5 Å². The molecule has 2 aliphatic rings. The van der Waals surface area contributed by atoms with Gasteiger partial charge in [0, 0.05) is 62.3 Å². The Morgan fingerprint density at radius 3 is 2.41 bits per heavy atom. The molecule has 0 amide bonds. The molecule has 1 atom stereocenters. The maximum atomic E-state index is 11.7. The van der Waals surface area contributed by atoms with Crippen LogP contribution in [0.5, 0.6) is 0 Å². The zero-order valence-corrected chi connectivity index (χ0v) is 18.8. The second kappa shape index (κ2) is 8.11. The summed E-state index contributed by atoms with van der Waals surface area (Å²) in [6.07, 6.45) is 4.21. The Morgan fingerprint density at radius 1 is 1.06 bits per heavy atom. The van der Waals surface area contributed by atoms with Crippen molar-refractivity contribution in [3.8, 4) is 6.07 Å². The lowest BCUT2D eigenvalue weighted by Gasteiger charge is -2.36. The second-order valence-corrected chi connectivity index (χ2v) is 10.5. The van der Waals surface area contributed by atoms with Crippen LogP contribution < -0.4 is 15.1 Å². The molecule has 1 N–H and O–H groups in total. The maximum Gasteiger partial charge on any atom is 0.175 e. The SMILES string of the molecule is CS(=O)(=O)c1ccc(N2CCN(c3ccc4c(C#N)cn([C@H]5CCNC5)c4n3)CC2)cc1. The summed E-state index contributed by atoms with van der Waals surface area (Å²) in [6.45, 7) is 5.19. The van der Waals surface area contributed by atoms with E-state index in [0.717, 1.165) is 68.2 Å². The van der Waals surface area contributed by atoms with Crippen LogP contribution in [-0.2, 0) is 9.84 Å². The van der Waals surface area contributed by atoms with Gasteiger partial charge < -0.3 is 19.7 Å². The number of rotatable bonds is 4. The highest BCUT2D eigenvalue weighted by Crippen LogP contribution is 2.29. The van der Waals surface area contributed by atoms with Crippen LogP contribution in [-0.4, -0.2) is 63.5 Å². The minimum absolute atomic E-state index is 0.328. The zero-order valence-electron chi connectivity index (χ0n) is 18.0. The van der Waals surface area contributed by atoms with Crippen molar-refractivity contribution < 1.29 is 8.42 Å². The van der Waals surface area contributed by atoms with Crippen LogP contribution in [0.15, 0.2) is 47.5 Å². The molecule has 0 radical (unpaired) electrons. The number of hydrogen-bond donors (Lipinski definition) is 1. The molecule has 32 heavy (non-hydrogen) atoms. The van der Waals surface area contributed by atoms with E-state index in [0.29, 0.717) is 16.5 Å². The van der Waals surface area contributed by atoms with Crippen LogP contribution in [0.25, 0.3) is 11.0 Å². The first kappa shape index (κ1) is 20.8. The minimum Gasteiger partial charge on any atom is -0.368 e. The van der Waals surface area contributed by atoms with Gasteiger partial charge in [0.2, 0.25) is 0 Å². The van der Waals surface area contributed by atoms with Crippen molar-refractivity contribution in [1.82, 2.24) is 14.9 Å². The molecule has 2 aromatic heterocycles. The van der Waals surface area contributed by atoms with Gasteiger partial charge in [0.25, 0.3) is 0 Å². The molecular weight excluding hydrogens is 424 g/mol. The zero-order chi connectivity index (χ0) is 22.3. The van der Waals surface area contributed by atoms with Crippen LogP contribution in [0, 0.1) is 11.3 Å². The molecule has 2 fully saturated rings. The lowest BCUT2D eigenvalue weighted by molar-refractivity contribution is 0.561. The molecule has 0 saturated carbocycles. The molecular formula is C23H26N6O2S. The number of hydrogen-bond acceptors (Lipinski definition) is 7. The number of sulfone groups is 1. The number of aromatic nitrogens is 2.